The minimum atomic E-state index is -1.15. The first-order valence-corrected chi connectivity index (χ1v) is 21.0. The van der Waals surface area contributed by atoms with Crippen molar-refractivity contribution in [3.63, 3.8) is 0 Å². The average molecular weight is 666 g/mol. The van der Waals surface area contributed by atoms with Gasteiger partial charge >= 0.3 is 0 Å². The number of rotatable bonds is 38. The summed E-state index contributed by atoms with van der Waals surface area (Å²) in [4.78, 5) is 12.4. The number of carbonyl (C=O) groups is 1. The molecule has 0 spiro atoms. The molecule has 0 aliphatic carbocycles. The van der Waals surface area contributed by atoms with Crippen LogP contribution in [0.15, 0.2) is 12.2 Å². The second kappa shape index (κ2) is 37.9. The van der Waals surface area contributed by atoms with Crippen molar-refractivity contribution in [1.29, 1.82) is 0 Å². The van der Waals surface area contributed by atoms with Gasteiger partial charge in [-0.15, -0.1) is 0 Å². The van der Waals surface area contributed by atoms with E-state index in [4.69, 9.17) is 0 Å². The van der Waals surface area contributed by atoms with Gasteiger partial charge in [-0.1, -0.05) is 193 Å². The van der Waals surface area contributed by atoms with E-state index in [0.717, 1.165) is 38.5 Å². The highest BCUT2D eigenvalue weighted by atomic mass is 16.3. The lowest BCUT2D eigenvalue weighted by Gasteiger charge is -2.26. The highest BCUT2D eigenvalue weighted by Gasteiger charge is 2.26. The molecule has 1 amide bonds. The van der Waals surface area contributed by atoms with Crippen LogP contribution in [0.4, 0.5) is 0 Å². The molecule has 47 heavy (non-hydrogen) atoms. The van der Waals surface area contributed by atoms with E-state index in [2.05, 4.69) is 31.3 Å². The molecule has 0 saturated heterocycles. The van der Waals surface area contributed by atoms with Crippen molar-refractivity contribution >= 4 is 5.91 Å². The molecule has 0 aromatic carbocycles. The van der Waals surface area contributed by atoms with E-state index in [9.17, 15) is 20.1 Å². The minimum Gasteiger partial charge on any atom is -0.394 e. The summed E-state index contributed by atoms with van der Waals surface area (Å²) < 4.78 is 0. The van der Waals surface area contributed by atoms with Crippen LogP contribution in [0.2, 0.25) is 0 Å². The van der Waals surface area contributed by atoms with Crippen LogP contribution in [0.25, 0.3) is 0 Å². The van der Waals surface area contributed by atoms with Crippen LogP contribution < -0.4 is 5.32 Å². The quantitative estimate of drug-likeness (QED) is 0.0390. The van der Waals surface area contributed by atoms with Gasteiger partial charge in [-0.05, 0) is 38.5 Å². The zero-order chi connectivity index (χ0) is 34.5. The van der Waals surface area contributed by atoms with Crippen molar-refractivity contribution in [1.82, 2.24) is 5.32 Å². The van der Waals surface area contributed by atoms with E-state index in [0.29, 0.717) is 12.8 Å². The summed E-state index contributed by atoms with van der Waals surface area (Å²) in [6, 6.07) is -0.819. The van der Waals surface area contributed by atoms with Crippen molar-refractivity contribution in [2.24, 2.45) is 0 Å². The predicted octanol–water partition coefficient (Wildman–Crippen LogP) is 11.7. The summed E-state index contributed by atoms with van der Waals surface area (Å²) in [5.74, 6) is -0.153. The fraction of sp³-hybridized carbons (Fsp3) is 0.929. The molecular weight excluding hydrogens is 582 g/mol. The number of unbranched alkanes of at least 4 members (excludes halogenated alkanes) is 28. The Balaban J connectivity index is 3.53. The first-order valence-electron chi connectivity index (χ1n) is 21.0. The van der Waals surface area contributed by atoms with Crippen LogP contribution in [0.5, 0.6) is 0 Å². The van der Waals surface area contributed by atoms with Gasteiger partial charge in [-0.3, -0.25) is 4.79 Å². The van der Waals surface area contributed by atoms with Gasteiger partial charge in [0.05, 0.1) is 18.8 Å². The third kappa shape index (κ3) is 33.4. The van der Waals surface area contributed by atoms with Gasteiger partial charge in [0.2, 0.25) is 5.91 Å². The van der Waals surface area contributed by atoms with Gasteiger partial charge in [-0.25, -0.2) is 0 Å². The highest BCUT2D eigenvalue weighted by molar-refractivity contribution is 5.76. The normalized spacial score (nSPS) is 13.7. The Kier molecular flexibility index (Phi) is 37.2. The predicted molar refractivity (Wildman–Crippen MR) is 204 cm³/mol. The van der Waals surface area contributed by atoms with Crippen molar-refractivity contribution < 1.29 is 20.1 Å². The molecule has 0 aromatic heterocycles. The zero-order valence-corrected chi connectivity index (χ0v) is 31.7. The van der Waals surface area contributed by atoms with Gasteiger partial charge in [0.25, 0.3) is 0 Å². The van der Waals surface area contributed by atoms with Crippen LogP contribution in [0.3, 0.4) is 0 Å². The topological polar surface area (TPSA) is 89.8 Å². The van der Waals surface area contributed by atoms with Crippen molar-refractivity contribution in [3.8, 4) is 0 Å². The summed E-state index contributed by atoms with van der Waals surface area (Å²) >= 11 is 0. The van der Waals surface area contributed by atoms with Crippen LogP contribution in [0, 0.1) is 0 Å². The summed E-state index contributed by atoms with van der Waals surface area (Å²) in [5, 5.41) is 33.3. The number of nitrogens with one attached hydrogen (secondary N) is 1. The largest absolute Gasteiger partial charge is 0.394 e. The van der Waals surface area contributed by atoms with Gasteiger partial charge in [-0.2, -0.15) is 0 Å². The number of allylic oxidation sites excluding steroid dienone is 2. The molecule has 0 radical (unpaired) electrons. The zero-order valence-electron chi connectivity index (χ0n) is 31.7. The summed E-state index contributed by atoms with van der Waals surface area (Å²) in [7, 11) is 0. The lowest BCUT2D eigenvalue weighted by atomic mass is 10.0. The van der Waals surface area contributed by atoms with Crippen molar-refractivity contribution in [3.05, 3.63) is 12.2 Å². The molecule has 0 fully saturated rings. The van der Waals surface area contributed by atoms with E-state index < -0.39 is 18.2 Å². The molecule has 0 aliphatic rings. The maximum atomic E-state index is 12.4. The lowest BCUT2D eigenvalue weighted by Crippen LogP contribution is -2.50. The average Bonchev–Trinajstić information content (AvgIpc) is 3.07. The first-order chi connectivity index (χ1) is 23.1. The second-order valence-corrected chi connectivity index (χ2v) is 14.5. The Bertz CT molecular complexity index is 655. The molecule has 0 saturated carbocycles. The molecule has 0 heterocycles. The molecule has 0 aromatic rings. The second-order valence-electron chi connectivity index (χ2n) is 14.5. The Hall–Kier alpha value is -0.910. The van der Waals surface area contributed by atoms with Gasteiger partial charge in [0.1, 0.15) is 6.10 Å². The van der Waals surface area contributed by atoms with Gasteiger partial charge in [0.15, 0.2) is 0 Å². The third-order valence-electron chi connectivity index (χ3n) is 9.87. The monoisotopic (exact) mass is 666 g/mol. The maximum absolute atomic E-state index is 12.4. The molecule has 3 unspecified atom stereocenters. The summed E-state index contributed by atoms with van der Waals surface area (Å²) in [6.45, 7) is 4.13. The van der Waals surface area contributed by atoms with E-state index in [1.54, 1.807) is 0 Å². The summed E-state index contributed by atoms with van der Waals surface area (Å²) in [5.41, 5.74) is 0. The standard InChI is InChI=1S/C42H83NO4/c1-3-5-7-9-11-13-14-15-16-17-18-19-20-21-22-23-24-25-26-27-29-31-33-35-37-41(46)43-39(38-44)42(47)40(45)36-34-32-30-28-12-10-8-6-4-2/h28,30,39-40,42,44-45,47H,3-27,29,31-38H2,1-2H3,(H,43,46)/b30-28+. The van der Waals surface area contributed by atoms with E-state index in [1.807, 2.05) is 0 Å². The number of aliphatic hydroxyl groups is 3. The van der Waals surface area contributed by atoms with Gasteiger partial charge < -0.3 is 20.6 Å². The van der Waals surface area contributed by atoms with Crippen LogP contribution >= 0.6 is 0 Å². The molecule has 5 heteroatoms. The third-order valence-corrected chi connectivity index (χ3v) is 9.87. The number of hydrogen-bond donors (Lipinski definition) is 4. The number of aliphatic hydroxyl groups excluding tert-OH is 3. The molecule has 280 valence electrons. The Morgan fingerprint density at radius 1 is 0.511 bits per heavy atom. The molecular formula is C42H83NO4. The fourth-order valence-corrected chi connectivity index (χ4v) is 6.57. The SMILES string of the molecule is CCCCCC/C=C/CCCC(O)C(O)C(CO)NC(=O)CCCCCCCCCCCCCCCCCCCCCCCCCC. The lowest BCUT2D eigenvalue weighted by molar-refractivity contribution is -0.124. The summed E-state index contributed by atoms with van der Waals surface area (Å²) in [6.07, 6.45) is 43.4. The Morgan fingerprint density at radius 2 is 0.851 bits per heavy atom. The van der Waals surface area contributed by atoms with E-state index in [1.165, 1.54) is 161 Å². The number of hydrogen-bond acceptors (Lipinski definition) is 4. The van der Waals surface area contributed by atoms with Crippen LogP contribution in [0.1, 0.15) is 226 Å². The molecule has 0 rings (SSSR count). The van der Waals surface area contributed by atoms with E-state index >= 15 is 0 Å². The van der Waals surface area contributed by atoms with Gasteiger partial charge in [0, 0.05) is 6.42 Å². The Morgan fingerprint density at radius 3 is 1.23 bits per heavy atom. The first kappa shape index (κ1) is 46.1. The van der Waals surface area contributed by atoms with Crippen LogP contribution in [-0.2, 0) is 4.79 Å². The maximum Gasteiger partial charge on any atom is 0.220 e. The molecule has 0 bridgehead atoms. The molecule has 4 N–H and O–H groups in total. The molecule has 0 aliphatic heterocycles. The van der Waals surface area contributed by atoms with Crippen LogP contribution in [-0.4, -0.2) is 46.1 Å². The van der Waals surface area contributed by atoms with Crippen molar-refractivity contribution in [2.75, 3.05) is 6.61 Å². The number of amides is 1. The highest BCUT2D eigenvalue weighted by Crippen LogP contribution is 2.16. The molecule has 5 nitrogen and oxygen atoms in total. The fourth-order valence-electron chi connectivity index (χ4n) is 6.57. The van der Waals surface area contributed by atoms with Crippen molar-refractivity contribution in [2.45, 2.75) is 244 Å². The minimum absolute atomic E-state index is 0.153. The number of carbonyl (C=O) groups excluding carboxylic acids is 1. The Labute approximate surface area is 293 Å². The smallest absolute Gasteiger partial charge is 0.220 e. The van der Waals surface area contributed by atoms with E-state index in [-0.39, 0.29) is 12.5 Å². The molecule has 3 atom stereocenters.